The Balaban J connectivity index is 1.97. The maximum absolute atomic E-state index is 9.78. The number of aliphatic hydroxyl groups is 1. The van der Waals surface area contributed by atoms with Crippen LogP contribution < -0.4 is 5.32 Å². The molecule has 0 amide bonds. The predicted octanol–water partition coefficient (Wildman–Crippen LogP) is 4.52. The van der Waals surface area contributed by atoms with Crippen LogP contribution in [0.5, 0.6) is 0 Å². The van der Waals surface area contributed by atoms with Crippen molar-refractivity contribution in [1.29, 1.82) is 0 Å². The van der Waals surface area contributed by atoms with Gasteiger partial charge in [0.25, 0.3) is 0 Å². The Labute approximate surface area is 126 Å². The summed E-state index contributed by atoms with van der Waals surface area (Å²) in [6, 6.07) is 14.7. The number of fused-ring (bicyclic) bond motifs is 3. The van der Waals surface area contributed by atoms with E-state index in [1.54, 1.807) is 0 Å². The molecule has 2 aromatic carbocycles. The third-order valence-electron chi connectivity index (χ3n) is 4.11. The van der Waals surface area contributed by atoms with E-state index in [9.17, 15) is 5.11 Å². The van der Waals surface area contributed by atoms with E-state index in [4.69, 9.17) is 0 Å². The standard InChI is InChI=1S/C19H21NO/c1-3-6-13(2)20-14-9-10-17-15-7-4-5-8-16(15)19(12-21)18(17)11-14/h4-5,7-11,19-21H,2-3,6,12H2,1H3. The van der Waals surface area contributed by atoms with Gasteiger partial charge in [-0.15, -0.1) is 0 Å². The van der Waals surface area contributed by atoms with Crippen LogP contribution in [-0.2, 0) is 0 Å². The number of hydrogen-bond acceptors (Lipinski definition) is 2. The van der Waals surface area contributed by atoms with Crippen molar-refractivity contribution >= 4 is 5.69 Å². The average Bonchev–Trinajstić information content (AvgIpc) is 2.80. The fraction of sp³-hybridized carbons (Fsp3) is 0.263. The van der Waals surface area contributed by atoms with Crippen LogP contribution in [0.3, 0.4) is 0 Å². The van der Waals surface area contributed by atoms with Crippen LogP contribution in [0.1, 0.15) is 36.8 Å². The molecule has 2 N–H and O–H groups in total. The third kappa shape index (κ3) is 2.47. The van der Waals surface area contributed by atoms with Gasteiger partial charge in [-0.3, -0.25) is 0 Å². The zero-order chi connectivity index (χ0) is 14.8. The van der Waals surface area contributed by atoms with Gasteiger partial charge >= 0.3 is 0 Å². The molecule has 0 saturated carbocycles. The van der Waals surface area contributed by atoms with Crippen molar-refractivity contribution in [3.05, 3.63) is 65.9 Å². The molecule has 1 aliphatic rings. The Morgan fingerprint density at radius 3 is 2.67 bits per heavy atom. The summed E-state index contributed by atoms with van der Waals surface area (Å²) in [6.07, 6.45) is 2.06. The van der Waals surface area contributed by atoms with E-state index in [1.807, 2.05) is 6.07 Å². The van der Waals surface area contributed by atoms with Crippen molar-refractivity contribution in [3.8, 4) is 11.1 Å². The van der Waals surface area contributed by atoms with Crippen molar-refractivity contribution in [2.75, 3.05) is 11.9 Å². The van der Waals surface area contributed by atoms with Gasteiger partial charge in [0.15, 0.2) is 0 Å². The van der Waals surface area contributed by atoms with E-state index in [-0.39, 0.29) is 12.5 Å². The van der Waals surface area contributed by atoms with Crippen molar-refractivity contribution < 1.29 is 5.11 Å². The molecule has 21 heavy (non-hydrogen) atoms. The largest absolute Gasteiger partial charge is 0.395 e. The lowest BCUT2D eigenvalue weighted by Gasteiger charge is -2.13. The van der Waals surface area contributed by atoms with Gasteiger partial charge in [-0.05, 0) is 40.8 Å². The van der Waals surface area contributed by atoms with Gasteiger partial charge in [0, 0.05) is 17.3 Å². The molecular weight excluding hydrogens is 258 g/mol. The molecule has 0 fully saturated rings. The number of aliphatic hydroxyl groups excluding tert-OH is 1. The molecule has 0 bridgehead atoms. The second-order valence-corrected chi connectivity index (χ2v) is 5.60. The number of nitrogens with one attached hydrogen (secondary N) is 1. The van der Waals surface area contributed by atoms with Crippen LogP contribution in [0, 0.1) is 0 Å². The zero-order valence-corrected chi connectivity index (χ0v) is 12.4. The molecule has 0 aliphatic heterocycles. The van der Waals surface area contributed by atoms with E-state index in [0.29, 0.717) is 0 Å². The topological polar surface area (TPSA) is 32.3 Å². The van der Waals surface area contributed by atoms with Gasteiger partial charge in [-0.2, -0.15) is 0 Å². The maximum atomic E-state index is 9.78. The fourth-order valence-electron chi connectivity index (χ4n) is 3.15. The van der Waals surface area contributed by atoms with Gasteiger partial charge in [0.1, 0.15) is 0 Å². The minimum Gasteiger partial charge on any atom is -0.395 e. The summed E-state index contributed by atoms with van der Waals surface area (Å²) in [5.74, 6) is 0.0809. The summed E-state index contributed by atoms with van der Waals surface area (Å²) >= 11 is 0. The van der Waals surface area contributed by atoms with Crippen molar-refractivity contribution in [1.82, 2.24) is 0 Å². The molecule has 0 heterocycles. The monoisotopic (exact) mass is 279 g/mol. The summed E-state index contributed by atoms with van der Waals surface area (Å²) in [4.78, 5) is 0. The minimum atomic E-state index is 0.0809. The van der Waals surface area contributed by atoms with Crippen molar-refractivity contribution in [2.24, 2.45) is 0 Å². The molecule has 0 saturated heterocycles. The first kappa shape index (κ1) is 13.9. The number of benzene rings is 2. The number of rotatable bonds is 5. The Bertz CT molecular complexity index is 675. The number of allylic oxidation sites excluding steroid dienone is 1. The summed E-state index contributed by atoms with van der Waals surface area (Å²) < 4.78 is 0. The molecule has 0 radical (unpaired) electrons. The zero-order valence-electron chi connectivity index (χ0n) is 12.4. The van der Waals surface area contributed by atoms with Crippen LogP contribution in [0.15, 0.2) is 54.7 Å². The fourth-order valence-corrected chi connectivity index (χ4v) is 3.15. The van der Waals surface area contributed by atoms with Gasteiger partial charge in [-0.1, -0.05) is 50.3 Å². The maximum Gasteiger partial charge on any atom is 0.0540 e. The van der Waals surface area contributed by atoms with Gasteiger partial charge in [0.2, 0.25) is 0 Å². The van der Waals surface area contributed by atoms with E-state index in [1.165, 1.54) is 22.3 Å². The summed E-state index contributed by atoms with van der Waals surface area (Å²) in [5.41, 5.74) is 6.99. The Hall–Kier alpha value is -2.06. The third-order valence-corrected chi connectivity index (χ3v) is 4.11. The van der Waals surface area contributed by atoms with E-state index >= 15 is 0 Å². The van der Waals surface area contributed by atoms with Gasteiger partial charge in [-0.25, -0.2) is 0 Å². The molecule has 2 nitrogen and oxygen atoms in total. The first-order chi connectivity index (χ1) is 10.2. The Morgan fingerprint density at radius 1 is 1.14 bits per heavy atom. The highest BCUT2D eigenvalue weighted by Gasteiger charge is 2.27. The van der Waals surface area contributed by atoms with E-state index < -0.39 is 0 Å². The van der Waals surface area contributed by atoms with Crippen LogP contribution in [-0.4, -0.2) is 11.7 Å². The van der Waals surface area contributed by atoms with Crippen LogP contribution in [0.4, 0.5) is 5.69 Å². The molecule has 108 valence electrons. The molecule has 2 aromatic rings. The van der Waals surface area contributed by atoms with Gasteiger partial charge < -0.3 is 10.4 Å². The Kier molecular flexibility index (Phi) is 3.80. The van der Waals surface area contributed by atoms with Gasteiger partial charge in [0.05, 0.1) is 6.61 Å². The summed E-state index contributed by atoms with van der Waals surface area (Å²) in [6.45, 7) is 6.34. The quantitative estimate of drug-likeness (QED) is 0.843. The second-order valence-electron chi connectivity index (χ2n) is 5.60. The summed E-state index contributed by atoms with van der Waals surface area (Å²) in [5, 5.41) is 13.1. The lowest BCUT2D eigenvalue weighted by molar-refractivity contribution is 0.282. The summed E-state index contributed by atoms with van der Waals surface area (Å²) in [7, 11) is 0. The molecular formula is C19H21NO. The van der Waals surface area contributed by atoms with Crippen LogP contribution in [0.25, 0.3) is 11.1 Å². The van der Waals surface area contributed by atoms with Crippen LogP contribution >= 0.6 is 0 Å². The average molecular weight is 279 g/mol. The molecule has 1 atom stereocenters. The number of anilines is 1. The van der Waals surface area contributed by atoms with E-state index in [0.717, 1.165) is 24.2 Å². The first-order valence-electron chi connectivity index (χ1n) is 7.53. The van der Waals surface area contributed by atoms with E-state index in [2.05, 4.69) is 55.2 Å². The predicted molar refractivity (Wildman–Crippen MR) is 88.5 cm³/mol. The highest BCUT2D eigenvalue weighted by Crippen LogP contribution is 2.45. The highest BCUT2D eigenvalue weighted by atomic mass is 16.3. The van der Waals surface area contributed by atoms with Crippen molar-refractivity contribution in [2.45, 2.75) is 25.7 Å². The molecule has 0 spiro atoms. The van der Waals surface area contributed by atoms with Crippen molar-refractivity contribution in [3.63, 3.8) is 0 Å². The molecule has 2 heteroatoms. The normalized spacial score (nSPS) is 15.4. The molecule has 1 unspecified atom stereocenters. The highest BCUT2D eigenvalue weighted by molar-refractivity contribution is 5.80. The molecule has 0 aromatic heterocycles. The number of hydrogen-bond donors (Lipinski definition) is 2. The lowest BCUT2D eigenvalue weighted by atomic mass is 9.98. The Morgan fingerprint density at radius 2 is 1.90 bits per heavy atom. The minimum absolute atomic E-state index is 0.0809. The molecule has 3 rings (SSSR count). The first-order valence-corrected chi connectivity index (χ1v) is 7.53. The van der Waals surface area contributed by atoms with Crippen LogP contribution in [0.2, 0.25) is 0 Å². The SMILES string of the molecule is C=C(CCC)Nc1ccc2c(c1)C(CO)c1ccccc1-2. The second kappa shape index (κ2) is 5.74. The lowest BCUT2D eigenvalue weighted by Crippen LogP contribution is -2.03. The molecule has 1 aliphatic carbocycles. The smallest absolute Gasteiger partial charge is 0.0540 e.